The van der Waals surface area contributed by atoms with Crippen LogP contribution in [0.5, 0.6) is 0 Å². The van der Waals surface area contributed by atoms with Crippen molar-refractivity contribution in [2.45, 2.75) is 25.7 Å². The lowest BCUT2D eigenvalue weighted by atomic mass is 9.99. The number of unbranched alkanes of at least 4 members (excludes halogenated alkanes) is 1. The zero-order valence-corrected chi connectivity index (χ0v) is 7.87. The maximum atomic E-state index is 8.75. The van der Waals surface area contributed by atoms with Gasteiger partial charge >= 0.3 is 0 Å². The summed E-state index contributed by atoms with van der Waals surface area (Å²) in [5, 5.41) is 17.1. The van der Waals surface area contributed by atoms with E-state index in [1.54, 1.807) is 0 Å². The summed E-state index contributed by atoms with van der Waals surface area (Å²) in [5.41, 5.74) is 0. The lowest BCUT2D eigenvalue weighted by Crippen LogP contribution is -2.35. The van der Waals surface area contributed by atoms with Crippen LogP contribution in [-0.2, 0) is 0 Å². The van der Waals surface area contributed by atoms with Crippen LogP contribution >= 0.6 is 0 Å². The Kier molecular flexibility index (Phi) is 4.29. The molecule has 1 unspecified atom stereocenters. The molecule has 13 heavy (non-hydrogen) atoms. The highest BCUT2D eigenvalue weighted by Crippen LogP contribution is 2.15. The van der Waals surface area contributed by atoms with Crippen LogP contribution in [0.3, 0.4) is 0 Å². The molecular weight excluding hydrogens is 162 g/mol. The van der Waals surface area contributed by atoms with Crippen molar-refractivity contribution in [2.24, 2.45) is 5.92 Å². The third-order valence-electron chi connectivity index (χ3n) is 2.45. The van der Waals surface area contributed by atoms with E-state index in [9.17, 15) is 0 Å². The Balaban J connectivity index is 2.20. The Morgan fingerprint density at radius 3 is 2.92 bits per heavy atom. The van der Waals surface area contributed by atoms with Gasteiger partial charge in [-0.05, 0) is 32.4 Å². The summed E-state index contributed by atoms with van der Waals surface area (Å²) in [4.78, 5) is 2.30. The smallest absolute Gasteiger partial charge is 0.0669 e. The van der Waals surface area contributed by atoms with Crippen molar-refractivity contribution in [1.82, 2.24) is 4.90 Å². The SMILES string of the molecule is N#CCCCN1CCCC(C#N)C1. The van der Waals surface area contributed by atoms with E-state index in [2.05, 4.69) is 17.0 Å². The van der Waals surface area contributed by atoms with Gasteiger partial charge in [-0.2, -0.15) is 10.5 Å². The molecule has 0 amide bonds. The summed E-state index contributed by atoms with van der Waals surface area (Å²) in [5.74, 6) is 0.218. The van der Waals surface area contributed by atoms with Gasteiger partial charge in [-0.15, -0.1) is 0 Å². The molecule has 0 aliphatic carbocycles. The van der Waals surface area contributed by atoms with E-state index >= 15 is 0 Å². The van der Waals surface area contributed by atoms with Gasteiger partial charge in [0.25, 0.3) is 0 Å². The number of nitriles is 2. The summed E-state index contributed by atoms with van der Waals surface area (Å²) in [6.45, 7) is 2.98. The predicted octanol–water partition coefficient (Wildman–Crippen LogP) is 1.53. The van der Waals surface area contributed by atoms with Crippen LogP contribution in [-0.4, -0.2) is 24.5 Å². The zero-order valence-electron chi connectivity index (χ0n) is 7.87. The van der Waals surface area contributed by atoms with Crippen molar-refractivity contribution in [2.75, 3.05) is 19.6 Å². The Morgan fingerprint density at radius 2 is 2.23 bits per heavy atom. The Labute approximate surface area is 79.6 Å². The van der Waals surface area contributed by atoms with Gasteiger partial charge in [0.2, 0.25) is 0 Å². The van der Waals surface area contributed by atoms with Crippen molar-refractivity contribution < 1.29 is 0 Å². The van der Waals surface area contributed by atoms with Crippen molar-refractivity contribution in [3.8, 4) is 12.1 Å². The molecule has 1 heterocycles. The van der Waals surface area contributed by atoms with Gasteiger partial charge in [0.15, 0.2) is 0 Å². The number of hydrogen-bond acceptors (Lipinski definition) is 3. The van der Waals surface area contributed by atoms with Gasteiger partial charge in [-0.1, -0.05) is 0 Å². The maximum absolute atomic E-state index is 8.75. The highest BCUT2D eigenvalue weighted by molar-refractivity contribution is 4.88. The average Bonchev–Trinajstić information content (AvgIpc) is 2.19. The second-order valence-corrected chi connectivity index (χ2v) is 3.53. The molecule has 3 heteroatoms. The van der Waals surface area contributed by atoms with Crippen LogP contribution in [0.2, 0.25) is 0 Å². The van der Waals surface area contributed by atoms with Gasteiger partial charge in [0.05, 0.1) is 18.1 Å². The van der Waals surface area contributed by atoms with E-state index in [0.29, 0.717) is 6.42 Å². The second-order valence-electron chi connectivity index (χ2n) is 3.53. The zero-order chi connectivity index (χ0) is 9.52. The highest BCUT2D eigenvalue weighted by atomic mass is 15.1. The predicted molar refractivity (Wildman–Crippen MR) is 49.6 cm³/mol. The number of nitrogens with zero attached hydrogens (tertiary/aromatic N) is 3. The lowest BCUT2D eigenvalue weighted by molar-refractivity contribution is 0.198. The standard InChI is InChI=1S/C10H15N3/c11-5-1-2-6-13-7-3-4-10(8-12)9-13/h10H,1-4,6-7,9H2. The number of piperidine rings is 1. The fraction of sp³-hybridized carbons (Fsp3) is 0.800. The lowest BCUT2D eigenvalue weighted by Gasteiger charge is -2.28. The quantitative estimate of drug-likeness (QED) is 0.614. The van der Waals surface area contributed by atoms with E-state index in [1.165, 1.54) is 0 Å². The minimum absolute atomic E-state index is 0.218. The molecule has 0 radical (unpaired) electrons. The molecule has 0 aromatic heterocycles. The van der Waals surface area contributed by atoms with Crippen LogP contribution in [0.4, 0.5) is 0 Å². The Bertz CT molecular complexity index is 223. The first-order valence-electron chi connectivity index (χ1n) is 4.85. The number of hydrogen-bond donors (Lipinski definition) is 0. The molecular formula is C10H15N3. The molecule has 1 atom stereocenters. The van der Waals surface area contributed by atoms with Gasteiger partial charge in [0, 0.05) is 13.0 Å². The molecule has 3 nitrogen and oxygen atoms in total. The van der Waals surface area contributed by atoms with E-state index in [-0.39, 0.29) is 5.92 Å². The van der Waals surface area contributed by atoms with Crippen molar-refractivity contribution in [1.29, 1.82) is 10.5 Å². The van der Waals surface area contributed by atoms with Gasteiger partial charge < -0.3 is 4.90 Å². The van der Waals surface area contributed by atoms with Crippen LogP contribution in [0.1, 0.15) is 25.7 Å². The molecule has 0 aromatic carbocycles. The molecule has 1 fully saturated rings. The molecule has 0 bridgehead atoms. The van der Waals surface area contributed by atoms with Crippen LogP contribution < -0.4 is 0 Å². The van der Waals surface area contributed by atoms with Crippen LogP contribution in [0.15, 0.2) is 0 Å². The first kappa shape index (κ1) is 10.0. The Morgan fingerprint density at radius 1 is 1.38 bits per heavy atom. The molecule has 0 aromatic rings. The van der Waals surface area contributed by atoms with Gasteiger partial charge in [0.1, 0.15) is 0 Å². The first-order chi connectivity index (χ1) is 6.36. The van der Waals surface area contributed by atoms with E-state index in [4.69, 9.17) is 10.5 Å². The molecule has 1 rings (SSSR count). The number of likely N-dealkylation sites (tertiary alicyclic amines) is 1. The third kappa shape index (κ3) is 3.44. The summed E-state index contributed by atoms with van der Waals surface area (Å²) in [6.07, 6.45) is 3.75. The molecule has 1 aliphatic rings. The first-order valence-corrected chi connectivity index (χ1v) is 4.85. The normalized spacial score (nSPS) is 23.4. The molecule has 0 N–H and O–H groups in total. The molecule has 70 valence electrons. The fourth-order valence-corrected chi connectivity index (χ4v) is 1.75. The second kappa shape index (κ2) is 5.56. The molecule has 1 aliphatic heterocycles. The minimum Gasteiger partial charge on any atom is -0.302 e. The molecule has 1 saturated heterocycles. The van der Waals surface area contributed by atoms with E-state index in [0.717, 1.165) is 38.9 Å². The number of rotatable bonds is 3. The van der Waals surface area contributed by atoms with Crippen molar-refractivity contribution >= 4 is 0 Å². The van der Waals surface area contributed by atoms with Gasteiger partial charge in [-0.25, -0.2) is 0 Å². The van der Waals surface area contributed by atoms with E-state index in [1.807, 2.05) is 0 Å². The summed E-state index contributed by atoms with van der Waals surface area (Å²) in [7, 11) is 0. The summed E-state index contributed by atoms with van der Waals surface area (Å²) >= 11 is 0. The fourth-order valence-electron chi connectivity index (χ4n) is 1.75. The average molecular weight is 177 g/mol. The Hall–Kier alpha value is -1.06. The van der Waals surface area contributed by atoms with Gasteiger partial charge in [-0.3, -0.25) is 0 Å². The molecule has 0 saturated carbocycles. The van der Waals surface area contributed by atoms with Crippen molar-refractivity contribution in [3.63, 3.8) is 0 Å². The monoisotopic (exact) mass is 177 g/mol. The molecule has 0 spiro atoms. The maximum Gasteiger partial charge on any atom is 0.0669 e. The summed E-state index contributed by atoms with van der Waals surface area (Å²) in [6, 6.07) is 4.46. The van der Waals surface area contributed by atoms with E-state index < -0.39 is 0 Å². The highest BCUT2D eigenvalue weighted by Gasteiger charge is 2.18. The van der Waals surface area contributed by atoms with Crippen molar-refractivity contribution in [3.05, 3.63) is 0 Å². The van der Waals surface area contributed by atoms with Crippen LogP contribution in [0, 0.1) is 28.6 Å². The third-order valence-corrected chi connectivity index (χ3v) is 2.45. The largest absolute Gasteiger partial charge is 0.302 e. The van der Waals surface area contributed by atoms with Crippen LogP contribution in [0.25, 0.3) is 0 Å². The topological polar surface area (TPSA) is 50.8 Å². The minimum atomic E-state index is 0.218. The summed E-state index contributed by atoms with van der Waals surface area (Å²) < 4.78 is 0.